The number of carbonyl (C=O) groups excluding carboxylic acids is 1. The van der Waals surface area contributed by atoms with E-state index in [1.54, 1.807) is 13.0 Å². The molecule has 20 heavy (non-hydrogen) atoms. The maximum absolute atomic E-state index is 13.6. The normalized spacial score (nSPS) is 10.3. The lowest BCUT2D eigenvalue weighted by molar-refractivity contribution is 0.1000. The van der Waals surface area contributed by atoms with Gasteiger partial charge in [0, 0.05) is 11.1 Å². The van der Waals surface area contributed by atoms with Crippen LogP contribution in [0.1, 0.15) is 21.5 Å². The van der Waals surface area contributed by atoms with E-state index in [0.29, 0.717) is 0 Å². The van der Waals surface area contributed by atoms with E-state index in [2.05, 4.69) is 0 Å². The van der Waals surface area contributed by atoms with Crippen molar-refractivity contribution in [3.05, 3.63) is 64.7 Å². The molecule has 0 bridgehead atoms. The number of nitrogens with two attached hydrogens (primary N) is 1. The lowest BCUT2D eigenvalue weighted by atomic mass is 10.1. The molecule has 2 N–H and O–H groups in total. The van der Waals surface area contributed by atoms with Crippen LogP contribution >= 0.6 is 0 Å². The zero-order valence-corrected chi connectivity index (χ0v) is 10.8. The van der Waals surface area contributed by atoms with Crippen LogP contribution < -0.4 is 10.5 Å². The number of halogens is 2. The van der Waals surface area contributed by atoms with Gasteiger partial charge in [0.25, 0.3) is 0 Å². The Hall–Kier alpha value is -2.43. The van der Waals surface area contributed by atoms with Crippen molar-refractivity contribution in [1.82, 2.24) is 0 Å². The number of benzene rings is 2. The summed E-state index contributed by atoms with van der Waals surface area (Å²) in [5.74, 6) is -1.69. The summed E-state index contributed by atoms with van der Waals surface area (Å²) >= 11 is 0. The Morgan fingerprint density at radius 3 is 2.55 bits per heavy atom. The monoisotopic (exact) mass is 277 g/mol. The summed E-state index contributed by atoms with van der Waals surface area (Å²) < 4.78 is 32.3. The third-order valence-electron chi connectivity index (χ3n) is 2.80. The maximum atomic E-state index is 13.6. The maximum Gasteiger partial charge on any atom is 0.248 e. The van der Waals surface area contributed by atoms with Gasteiger partial charge in [-0.1, -0.05) is 6.07 Å². The Labute approximate surface area is 115 Å². The van der Waals surface area contributed by atoms with Gasteiger partial charge in [-0.05, 0) is 42.8 Å². The zero-order chi connectivity index (χ0) is 14.7. The van der Waals surface area contributed by atoms with Gasteiger partial charge in [0.15, 0.2) is 11.6 Å². The lowest BCUT2D eigenvalue weighted by Crippen LogP contribution is -2.12. The van der Waals surface area contributed by atoms with Crippen LogP contribution in [0, 0.1) is 18.6 Å². The molecule has 0 aliphatic rings. The van der Waals surface area contributed by atoms with Crippen molar-refractivity contribution in [2.75, 3.05) is 0 Å². The van der Waals surface area contributed by atoms with Crippen molar-refractivity contribution in [2.24, 2.45) is 5.73 Å². The number of hydrogen-bond acceptors (Lipinski definition) is 2. The van der Waals surface area contributed by atoms with Crippen LogP contribution in [0.2, 0.25) is 0 Å². The first-order chi connectivity index (χ1) is 9.47. The summed E-state index contributed by atoms with van der Waals surface area (Å²) in [6.45, 7) is 1.61. The number of ether oxygens (including phenoxy) is 1. The summed E-state index contributed by atoms with van der Waals surface area (Å²) in [7, 11) is 0. The summed E-state index contributed by atoms with van der Waals surface area (Å²) in [5, 5.41) is 0. The van der Waals surface area contributed by atoms with Crippen molar-refractivity contribution in [3.8, 4) is 5.75 Å². The average Bonchev–Trinajstić information content (AvgIpc) is 2.41. The molecular formula is C15H13F2NO2. The summed E-state index contributed by atoms with van der Waals surface area (Å²) in [6.07, 6.45) is 0. The fraction of sp³-hybridized carbons (Fsp3) is 0.133. The molecule has 0 aromatic heterocycles. The number of aryl methyl sites for hydroxylation is 1. The number of carbonyl (C=O) groups is 1. The highest BCUT2D eigenvalue weighted by Crippen LogP contribution is 2.20. The van der Waals surface area contributed by atoms with E-state index in [4.69, 9.17) is 10.5 Å². The summed E-state index contributed by atoms with van der Waals surface area (Å²) in [4.78, 5) is 11.0. The summed E-state index contributed by atoms with van der Waals surface area (Å²) in [6, 6.07) is 8.12. The second-order valence-corrected chi connectivity index (χ2v) is 4.39. The van der Waals surface area contributed by atoms with E-state index in [9.17, 15) is 13.6 Å². The number of hydrogen-bond donors (Lipinski definition) is 1. The van der Waals surface area contributed by atoms with Gasteiger partial charge in [-0.15, -0.1) is 0 Å². The van der Waals surface area contributed by atoms with Crippen LogP contribution in [-0.2, 0) is 6.61 Å². The minimum atomic E-state index is -0.659. The molecule has 2 rings (SSSR count). The predicted molar refractivity (Wildman–Crippen MR) is 70.4 cm³/mol. The molecule has 0 heterocycles. The second kappa shape index (κ2) is 5.69. The Kier molecular flexibility index (Phi) is 3.98. The molecule has 1 amide bonds. The predicted octanol–water partition coefficient (Wildman–Crippen LogP) is 2.95. The van der Waals surface area contributed by atoms with Crippen LogP contribution in [0.5, 0.6) is 5.75 Å². The average molecular weight is 277 g/mol. The minimum Gasteiger partial charge on any atom is -0.486 e. The lowest BCUT2D eigenvalue weighted by Gasteiger charge is -2.09. The van der Waals surface area contributed by atoms with E-state index in [1.165, 1.54) is 24.3 Å². The quantitative estimate of drug-likeness (QED) is 0.934. The number of amides is 1. The van der Waals surface area contributed by atoms with Crippen molar-refractivity contribution in [2.45, 2.75) is 13.5 Å². The van der Waals surface area contributed by atoms with Crippen molar-refractivity contribution in [3.63, 3.8) is 0 Å². The van der Waals surface area contributed by atoms with E-state index >= 15 is 0 Å². The molecule has 0 atom stereocenters. The first-order valence-corrected chi connectivity index (χ1v) is 5.94. The molecule has 2 aromatic rings. The Bertz CT molecular complexity index is 656. The smallest absolute Gasteiger partial charge is 0.248 e. The molecular weight excluding hydrogens is 264 g/mol. The molecule has 104 valence electrons. The van der Waals surface area contributed by atoms with Gasteiger partial charge in [-0.3, -0.25) is 4.79 Å². The highest BCUT2D eigenvalue weighted by atomic mass is 19.1. The molecule has 0 aliphatic heterocycles. The molecule has 0 saturated carbocycles. The van der Waals surface area contributed by atoms with Crippen LogP contribution in [-0.4, -0.2) is 5.91 Å². The van der Waals surface area contributed by atoms with Gasteiger partial charge >= 0.3 is 0 Å². The molecule has 0 aliphatic carbocycles. The van der Waals surface area contributed by atoms with Crippen LogP contribution in [0.4, 0.5) is 8.78 Å². The van der Waals surface area contributed by atoms with E-state index in [1.807, 2.05) is 0 Å². The third kappa shape index (κ3) is 3.12. The first kappa shape index (κ1) is 14.0. The van der Waals surface area contributed by atoms with Gasteiger partial charge in [0.05, 0.1) is 0 Å². The van der Waals surface area contributed by atoms with Crippen molar-refractivity contribution < 1.29 is 18.3 Å². The van der Waals surface area contributed by atoms with E-state index < -0.39 is 17.5 Å². The topological polar surface area (TPSA) is 52.3 Å². The molecule has 2 aromatic carbocycles. The fourth-order valence-electron chi connectivity index (χ4n) is 1.72. The molecule has 0 radical (unpaired) electrons. The minimum absolute atomic E-state index is 0.0360. The van der Waals surface area contributed by atoms with Gasteiger partial charge in [-0.25, -0.2) is 8.78 Å². The fourth-order valence-corrected chi connectivity index (χ4v) is 1.72. The van der Waals surface area contributed by atoms with Crippen LogP contribution in [0.15, 0.2) is 36.4 Å². The summed E-state index contributed by atoms with van der Waals surface area (Å²) in [5.41, 5.74) is 6.26. The molecule has 3 nitrogen and oxygen atoms in total. The number of rotatable bonds is 4. The SMILES string of the molecule is Cc1ccc(F)c(OCc2cc(C(N)=O)ccc2F)c1. The van der Waals surface area contributed by atoms with Crippen molar-refractivity contribution >= 4 is 5.91 Å². The number of primary amides is 1. The third-order valence-corrected chi connectivity index (χ3v) is 2.80. The molecule has 0 fully saturated rings. The highest BCUT2D eigenvalue weighted by molar-refractivity contribution is 5.92. The standard InChI is InChI=1S/C15H13F2NO2/c1-9-2-4-13(17)14(6-9)20-8-11-7-10(15(18)19)3-5-12(11)16/h2-7H,8H2,1H3,(H2,18,19). The van der Waals surface area contributed by atoms with Gasteiger partial charge < -0.3 is 10.5 Å². The molecule has 0 saturated heterocycles. The Balaban J connectivity index is 2.20. The zero-order valence-electron chi connectivity index (χ0n) is 10.8. The van der Waals surface area contributed by atoms with Crippen LogP contribution in [0.25, 0.3) is 0 Å². The largest absolute Gasteiger partial charge is 0.486 e. The second-order valence-electron chi connectivity index (χ2n) is 4.39. The highest BCUT2D eigenvalue weighted by Gasteiger charge is 2.09. The van der Waals surface area contributed by atoms with Crippen LogP contribution in [0.3, 0.4) is 0 Å². The first-order valence-electron chi connectivity index (χ1n) is 5.94. The van der Waals surface area contributed by atoms with E-state index in [-0.39, 0.29) is 23.5 Å². The van der Waals surface area contributed by atoms with Gasteiger partial charge in [0.1, 0.15) is 12.4 Å². The molecule has 0 spiro atoms. The molecule has 5 heteroatoms. The molecule has 0 unspecified atom stereocenters. The Morgan fingerprint density at radius 2 is 1.85 bits per heavy atom. The van der Waals surface area contributed by atoms with E-state index in [0.717, 1.165) is 11.6 Å². The Morgan fingerprint density at radius 1 is 1.15 bits per heavy atom. The van der Waals surface area contributed by atoms with Gasteiger partial charge in [-0.2, -0.15) is 0 Å². The van der Waals surface area contributed by atoms with Crippen molar-refractivity contribution in [1.29, 1.82) is 0 Å². The van der Waals surface area contributed by atoms with Gasteiger partial charge in [0.2, 0.25) is 5.91 Å².